The zero-order valence-electron chi connectivity index (χ0n) is 15.5. The fraction of sp³-hybridized carbons (Fsp3) is 0.300. The summed E-state index contributed by atoms with van der Waals surface area (Å²) in [6.07, 6.45) is 2.30. The number of benzene rings is 2. The molecular formula is C20H25Cl2NOSiTi. The average Bonchev–Trinajstić information content (AvgIpc) is 2.93. The standard InChI is InChI=1S/C13H9.C5H11NO.C2H6Si.2ClH.Ti/c1-3-7-12-10(5-1)9-11-6-2-4-8-13(11)12;1-2-3-4-5(6)7;1-3-2;;;/h1-9H;2-4H2,1H3,(H2,6,7);1-2H3;2*1H;/q-1;;;;;+4/p-3. The molecule has 0 bridgehead atoms. The van der Waals surface area contributed by atoms with Crippen molar-refractivity contribution in [3.05, 3.63) is 60.3 Å². The van der Waals surface area contributed by atoms with E-state index in [1.165, 1.54) is 21.5 Å². The molecule has 2 nitrogen and oxygen atoms in total. The number of hydrogen-bond acceptors (Lipinski definition) is 1. The maximum Gasteiger partial charge on any atom is 4.00 e. The largest absolute Gasteiger partial charge is 4.00 e. The summed E-state index contributed by atoms with van der Waals surface area (Å²) >= 11 is 0. The minimum absolute atomic E-state index is 0. The van der Waals surface area contributed by atoms with E-state index < -0.39 is 5.91 Å². The summed E-state index contributed by atoms with van der Waals surface area (Å²) in [6, 6.07) is 19.3. The van der Waals surface area contributed by atoms with Crippen LogP contribution in [-0.2, 0) is 26.5 Å². The maximum absolute atomic E-state index is 9.87. The topological polar surface area (TPSA) is 40.9 Å². The van der Waals surface area contributed by atoms with Gasteiger partial charge in [-0.1, -0.05) is 62.8 Å². The van der Waals surface area contributed by atoms with Crippen LogP contribution in [0, 0.1) is 0 Å². The minimum atomic E-state index is -0.443. The predicted octanol–water partition coefficient (Wildman–Crippen LogP) is 0.260. The summed E-state index contributed by atoms with van der Waals surface area (Å²) in [5.74, 6) is -0.443. The van der Waals surface area contributed by atoms with Gasteiger partial charge in [0.15, 0.2) is 0 Å². The maximum atomic E-state index is 9.87. The Morgan fingerprint density at radius 2 is 1.35 bits per heavy atom. The Hall–Kier alpha value is -0.709. The van der Waals surface area contributed by atoms with Crippen molar-refractivity contribution in [2.45, 2.75) is 39.3 Å². The van der Waals surface area contributed by atoms with Crippen LogP contribution in [0.15, 0.2) is 54.6 Å². The zero-order chi connectivity index (χ0) is 17.1. The van der Waals surface area contributed by atoms with Gasteiger partial charge in [0.25, 0.3) is 0 Å². The van der Waals surface area contributed by atoms with Crippen molar-refractivity contribution < 1.29 is 51.3 Å². The van der Waals surface area contributed by atoms with Crippen molar-refractivity contribution in [1.82, 2.24) is 0 Å². The monoisotopic (exact) mass is 441 g/mol. The molecule has 0 aliphatic carbocycles. The Morgan fingerprint density at radius 1 is 0.962 bits per heavy atom. The van der Waals surface area contributed by atoms with E-state index in [0.717, 1.165) is 22.4 Å². The molecule has 0 aliphatic heterocycles. The summed E-state index contributed by atoms with van der Waals surface area (Å²) in [6.45, 7) is 6.31. The van der Waals surface area contributed by atoms with Gasteiger partial charge in [-0.2, -0.15) is 0 Å². The van der Waals surface area contributed by atoms with Crippen LogP contribution < -0.4 is 24.8 Å². The first-order chi connectivity index (χ1) is 11.1. The summed E-state index contributed by atoms with van der Waals surface area (Å²) < 4.78 is 0. The van der Waals surface area contributed by atoms with Crippen molar-refractivity contribution in [3.63, 3.8) is 0 Å². The molecule has 6 heteroatoms. The van der Waals surface area contributed by atoms with E-state index in [4.69, 9.17) is 5.73 Å². The van der Waals surface area contributed by atoms with E-state index in [2.05, 4.69) is 67.7 Å². The Bertz CT molecular complexity index is 683. The van der Waals surface area contributed by atoms with Gasteiger partial charge in [-0.3, -0.25) is 0 Å². The van der Waals surface area contributed by atoms with Crippen LogP contribution in [0.1, 0.15) is 26.2 Å². The fourth-order valence-electron chi connectivity index (χ4n) is 2.24. The van der Waals surface area contributed by atoms with Gasteiger partial charge in [-0.05, 0) is 12.8 Å². The molecule has 0 saturated heterocycles. The first-order valence-corrected chi connectivity index (χ1v) is 10.00. The second-order valence-corrected chi connectivity index (χ2v) is 6.35. The zero-order valence-corrected chi connectivity index (χ0v) is 19.6. The number of nitrogens with one attached hydrogen (secondary N) is 1. The van der Waals surface area contributed by atoms with Gasteiger partial charge in [-0.25, -0.2) is 0 Å². The van der Waals surface area contributed by atoms with Gasteiger partial charge < -0.3 is 35.3 Å². The van der Waals surface area contributed by atoms with E-state index >= 15 is 0 Å². The normalized spacial score (nSPS) is 8.58. The van der Waals surface area contributed by atoms with Crippen molar-refractivity contribution in [2.24, 2.45) is 0 Å². The molecule has 1 N–H and O–H groups in total. The van der Waals surface area contributed by atoms with Crippen LogP contribution in [0.5, 0.6) is 0 Å². The molecule has 3 rings (SSSR count). The minimum Gasteiger partial charge on any atom is -1.00 e. The van der Waals surface area contributed by atoms with E-state index in [9.17, 15) is 4.79 Å². The number of unbranched alkanes of at least 4 members (excludes halogenated alkanes) is 1. The Balaban J connectivity index is -0.000000358. The smallest absolute Gasteiger partial charge is 1.00 e. The van der Waals surface area contributed by atoms with Gasteiger partial charge in [0, 0.05) is 15.4 Å². The first kappa shape index (κ1) is 30.0. The third-order valence-corrected chi connectivity index (χ3v) is 3.28. The molecule has 0 saturated carbocycles. The van der Waals surface area contributed by atoms with Crippen molar-refractivity contribution in [1.29, 1.82) is 0 Å². The molecule has 0 unspecified atom stereocenters. The number of amides is 1. The molecule has 0 aromatic heterocycles. The summed E-state index contributed by atoms with van der Waals surface area (Å²) in [5, 5.41) is 5.39. The Morgan fingerprint density at radius 3 is 1.65 bits per heavy atom. The van der Waals surface area contributed by atoms with E-state index in [0.29, 0.717) is 6.42 Å². The van der Waals surface area contributed by atoms with E-state index in [-0.39, 0.29) is 46.5 Å². The molecule has 0 atom stereocenters. The third kappa shape index (κ3) is 10.4. The molecule has 26 heavy (non-hydrogen) atoms. The van der Waals surface area contributed by atoms with E-state index in [1.807, 2.05) is 6.92 Å². The van der Waals surface area contributed by atoms with Crippen LogP contribution in [-0.4, -0.2) is 15.4 Å². The predicted molar refractivity (Wildman–Crippen MR) is 103 cm³/mol. The number of carbonyl (C=O) groups is 1. The molecule has 3 aromatic carbocycles. The van der Waals surface area contributed by atoms with Crippen molar-refractivity contribution >= 4 is 37.0 Å². The van der Waals surface area contributed by atoms with Crippen LogP contribution in [0.3, 0.4) is 0 Å². The average molecular weight is 442 g/mol. The van der Waals surface area contributed by atoms with Crippen LogP contribution in [0.2, 0.25) is 13.1 Å². The Labute approximate surface area is 187 Å². The number of hydrogen-bond donors (Lipinski definition) is 0. The number of fused-ring (bicyclic) bond motifs is 3. The first-order valence-electron chi connectivity index (χ1n) is 8.00. The van der Waals surface area contributed by atoms with Crippen LogP contribution >= 0.6 is 0 Å². The summed E-state index contributed by atoms with van der Waals surface area (Å²) in [4.78, 5) is 9.87. The molecular weight excluding hydrogens is 417 g/mol. The molecule has 0 fully saturated rings. The molecule has 0 aliphatic rings. The Kier molecular flexibility index (Phi) is 20.4. The summed E-state index contributed by atoms with van der Waals surface area (Å²) in [7, 11) is 1.08. The van der Waals surface area contributed by atoms with Gasteiger partial charge in [0.05, 0.1) is 0 Å². The second-order valence-electron chi connectivity index (χ2n) is 5.35. The SMILES string of the molecule is CCCCC([NH-])=O.C[Si]C.[Cl-].[Cl-].[Ti+4].c1ccc2c(c1)[cH-]c1ccccc12. The number of halogens is 2. The van der Waals surface area contributed by atoms with Gasteiger partial charge in [0.2, 0.25) is 0 Å². The number of rotatable bonds is 3. The third-order valence-electron chi connectivity index (χ3n) is 3.28. The van der Waals surface area contributed by atoms with Gasteiger partial charge in [0.1, 0.15) is 0 Å². The molecule has 0 spiro atoms. The number of carbonyl (C=O) groups excluding carboxylic acids is 1. The van der Waals surface area contributed by atoms with Gasteiger partial charge >= 0.3 is 21.7 Å². The van der Waals surface area contributed by atoms with Crippen LogP contribution in [0.25, 0.3) is 27.3 Å². The van der Waals surface area contributed by atoms with Crippen molar-refractivity contribution in [3.8, 4) is 0 Å². The van der Waals surface area contributed by atoms with Crippen LogP contribution in [0.4, 0.5) is 0 Å². The van der Waals surface area contributed by atoms with Crippen molar-refractivity contribution in [2.75, 3.05) is 0 Å². The van der Waals surface area contributed by atoms with E-state index in [1.54, 1.807) is 0 Å². The molecule has 1 amide bonds. The molecule has 138 valence electrons. The van der Waals surface area contributed by atoms with Gasteiger partial charge in [-0.15, -0.1) is 39.7 Å². The fourth-order valence-corrected chi connectivity index (χ4v) is 2.24. The second kappa shape index (κ2) is 17.7. The molecule has 2 radical (unpaired) electrons. The quantitative estimate of drug-likeness (QED) is 0.424. The molecule has 0 heterocycles. The molecule has 3 aromatic rings. The summed E-state index contributed by atoms with van der Waals surface area (Å²) in [5.41, 5.74) is 6.44.